The minimum Gasteiger partial charge on any atom is -0.368 e. The van der Waals surface area contributed by atoms with Crippen molar-refractivity contribution in [3.05, 3.63) is 53.9 Å². The maximum absolute atomic E-state index is 12.3. The summed E-state index contributed by atoms with van der Waals surface area (Å²) in [6.45, 7) is 7.33. The van der Waals surface area contributed by atoms with Gasteiger partial charge in [0.25, 0.3) is 5.91 Å². The van der Waals surface area contributed by atoms with Crippen LogP contribution in [0.5, 0.6) is 0 Å². The van der Waals surface area contributed by atoms with Crippen molar-refractivity contribution in [2.45, 2.75) is 6.92 Å². The summed E-state index contributed by atoms with van der Waals surface area (Å²) >= 11 is 0. The van der Waals surface area contributed by atoms with Crippen molar-refractivity contribution in [3.63, 3.8) is 0 Å². The largest absolute Gasteiger partial charge is 0.368 e. The van der Waals surface area contributed by atoms with Gasteiger partial charge in [-0.3, -0.25) is 4.79 Å². The van der Waals surface area contributed by atoms with Crippen molar-refractivity contribution in [1.82, 2.24) is 9.88 Å². The Bertz CT molecular complexity index is 756. The first-order chi connectivity index (χ1) is 12.2. The zero-order valence-electron chi connectivity index (χ0n) is 14.3. The van der Waals surface area contributed by atoms with Gasteiger partial charge in [0, 0.05) is 31.9 Å². The lowest BCUT2D eigenvalue weighted by Gasteiger charge is -2.35. The number of carbonyl (C=O) groups excluding carboxylic acids is 1. The normalized spacial score (nSPS) is 14.8. The molecule has 2 heterocycles. The predicted octanol–water partition coefficient (Wildman–Crippen LogP) is 2.35. The fourth-order valence-corrected chi connectivity index (χ4v) is 2.85. The Morgan fingerprint density at radius 2 is 1.88 bits per heavy atom. The Kier molecular flexibility index (Phi) is 5.26. The third kappa shape index (κ3) is 4.14. The van der Waals surface area contributed by atoms with E-state index >= 15 is 0 Å². The molecule has 0 atom stereocenters. The lowest BCUT2D eigenvalue weighted by molar-refractivity contribution is 0.102. The van der Waals surface area contributed by atoms with Crippen LogP contribution in [0.1, 0.15) is 23.0 Å². The molecule has 1 aliphatic heterocycles. The Hall–Kier alpha value is -2.91. The highest BCUT2D eigenvalue weighted by Crippen LogP contribution is 2.16. The molecule has 1 amide bonds. The first-order valence-corrected chi connectivity index (χ1v) is 8.44. The number of anilines is 2. The van der Waals surface area contributed by atoms with E-state index in [4.69, 9.17) is 5.26 Å². The second-order valence-electron chi connectivity index (χ2n) is 5.97. The first kappa shape index (κ1) is 16.9. The maximum Gasteiger partial charge on any atom is 0.274 e. The molecule has 0 radical (unpaired) electrons. The molecular formula is C19H21N5O. The number of rotatable bonds is 4. The van der Waals surface area contributed by atoms with E-state index in [2.05, 4.69) is 33.1 Å². The Morgan fingerprint density at radius 3 is 2.44 bits per heavy atom. The SMILES string of the molecule is CCN1CCN(c2ccc(C(=O)Nc3ccc(C#N)cc3)nc2)CC1. The highest BCUT2D eigenvalue weighted by molar-refractivity contribution is 6.02. The lowest BCUT2D eigenvalue weighted by Crippen LogP contribution is -2.46. The third-order valence-electron chi connectivity index (χ3n) is 4.44. The van der Waals surface area contributed by atoms with Crippen molar-refractivity contribution in [3.8, 4) is 6.07 Å². The number of nitriles is 1. The van der Waals surface area contributed by atoms with Crippen LogP contribution in [-0.2, 0) is 0 Å². The Morgan fingerprint density at radius 1 is 1.16 bits per heavy atom. The molecule has 0 bridgehead atoms. The van der Waals surface area contributed by atoms with Gasteiger partial charge in [0.1, 0.15) is 5.69 Å². The minimum absolute atomic E-state index is 0.257. The van der Waals surface area contributed by atoms with Crippen LogP contribution in [0.2, 0.25) is 0 Å². The quantitative estimate of drug-likeness (QED) is 0.928. The second-order valence-corrected chi connectivity index (χ2v) is 5.97. The topological polar surface area (TPSA) is 72.3 Å². The van der Waals surface area contributed by atoms with Gasteiger partial charge in [0.15, 0.2) is 0 Å². The number of nitrogens with one attached hydrogen (secondary N) is 1. The number of hydrogen-bond donors (Lipinski definition) is 1. The van der Waals surface area contributed by atoms with Gasteiger partial charge in [-0.05, 0) is 42.9 Å². The van der Waals surface area contributed by atoms with Crippen molar-refractivity contribution in [1.29, 1.82) is 5.26 Å². The van der Waals surface area contributed by atoms with Gasteiger partial charge in [-0.15, -0.1) is 0 Å². The van der Waals surface area contributed by atoms with Crippen LogP contribution >= 0.6 is 0 Å². The van der Waals surface area contributed by atoms with E-state index in [1.54, 1.807) is 36.5 Å². The van der Waals surface area contributed by atoms with Crippen LogP contribution in [0, 0.1) is 11.3 Å². The number of aromatic nitrogens is 1. The average molecular weight is 335 g/mol. The third-order valence-corrected chi connectivity index (χ3v) is 4.44. The zero-order chi connectivity index (χ0) is 17.6. The molecule has 1 saturated heterocycles. The molecule has 1 aliphatic rings. The van der Waals surface area contributed by atoms with Gasteiger partial charge in [0.2, 0.25) is 0 Å². The molecule has 1 N–H and O–H groups in total. The highest BCUT2D eigenvalue weighted by Gasteiger charge is 2.16. The molecule has 6 nitrogen and oxygen atoms in total. The van der Waals surface area contributed by atoms with Gasteiger partial charge >= 0.3 is 0 Å². The minimum atomic E-state index is -0.257. The van der Waals surface area contributed by atoms with Crippen molar-refractivity contribution >= 4 is 17.3 Å². The molecule has 0 aliphatic carbocycles. The van der Waals surface area contributed by atoms with E-state index < -0.39 is 0 Å². The molecule has 6 heteroatoms. The first-order valence-electron chi connectivity index (χ1n) is 8.44. The van der Waals surface area contributed by atoms with Gasteiger partial charge in [-0.1, -0.05) is 6.92 Å². The van der Waals surface area contributed by atoms with Crippen LogP contribution in [0.15, 0.2) is 42.6 Å². The van der Waals surface area contributed by atoms with Gasteiger partial charge < -0.3 is 15.1 Å². The number of amides is 1. The lowest BCUT2D eigenvalue weighted by atomic mass is 10.2. The van der Waals surface area contributed by atoms with E-state index in [0.29, 0.717) is 16.9 Å². The van der Waals surface area contributed by atoms with Gasteiger partial charge in [0.05, 0.1) is 23.5 Å². The number of nitrogens with zero attached hydrogens (tertiary/aromatic N) is 4. The van der Waals surface area contributed by atoms with E-state index in [9.17, 15) is 4.79 Å². The number of benzene rings is 1. The Labute approximate surface area is 147 Å². The monoisotopic (exact) mass is 335 g/mol. The summed E-state index contributed by atoms with van der Waals surface area (Å²) < 4.78 is 0. The molecule has 1 aromatic heterocycles. The van der Waals surface area contributed by atoms with Crippen LogP contribution in [0.25, 0.3) is 0 Å². The number of carbonyl (C=O) groups is 1. The second kappa shape index (κ2) is 7.77. The van der Waals surface area contributed by atoms with E-state index in [1.807, 2.05) is 6.07 Å². The molecule has 3 rings (SSSR count). The fourth-order valence-electron chi connectivity index (χ4n) is 2.85. The average Bonchev–Trinajstić information content (AvgIpc) is 2.69. The highest BCUT2D eigenvalue weighted by atomic mass is 16.1. The summed E-state index contributed by atoms with van der Waals surface area (Å²) in [5.74, 6) is -0.257. The molecule has 2 aromatic rings. The Balaban J connectivity index is 1.61. The standard InChI is InChI=1S/C19H21N5O/c1-2-23-9-11-24(12-10-23)17-7-8-18(21-14-17)19(25)22-16-5-3-15(13-20)4-6-16/h3-8,14H,2,9-12H2,1H3,(H,22,25). The molecule has 0 saturated carbocycles. The van der Waals surface area contributed by atoms with Crippen LogP contribution in [0.4, 0.5) is 11.4 Å². The fraction of sp³-hybridized carbons (Fsp3) is 0.316. The zero-order valence-corrected chi connectivity index (χ0v) is 14.3. The predicted molar refractivity (Wildman–Crippen MR) is 97.7 cm³/mol. The van der Waals surface area contributed by atoms with E-state index in [0.717, 1.165) is 38.4 Å². The molecule has 1 fully saturated rings. The van der Waals surface area contributed by atoms with Crippen LogP contribution in [-0.4, -0.2) is 48.5 Å². The van der Waals surface area contributed by atoms with Crippen molar-refractivity contribution in [2.24, 2.45) is 0 Å². The van der Waals surface area contributed by atoms with Crippen LogP contribution < -0.4 is 10.2 Å². The van der Waals surface area contributed by atoms with E-state index in [-0.39, 0.29) is 5.91 Å². The smallest absolute Gasteiger partial charge is 0.274 e. The van der Waals surface area contributed by atoms with E-state index in [1.165, 1.54) is 0 Å². The van der Waals surface area contributed by atoms with Gasteiger partial charge in [-0.2, -0.15) is 5.26 Å². The molecule has 0 unspecified atom stereocenters. The summed E-state index contributed by atoms with van der Waals surface area (Å²) in [6.07, 6.45) is 1.76. The van der Waals surface area contributed by atoms with Crippen molar-refractivity contribution in [2.75, 3.05) is 42.9 Å². The number of hydrogen-bond acceptors (Lipinski definition) is 5. The summed E-state index contributed by atoms with van der Waals surface area (Å²) in [4.78, 5) is 21.3. The summed E-state index contributed by atoms with van der Waals surface area (Å²) in [5.41, 5.74) is 2.63. The summed E-state index contributed by atoms with van der Waals surface area (Å²) in [5, 5.41) is 11.6. The van der Waals surface area contributed by atoms with Crippen LogP contribution in [0.3, 0.4) is 0 Å². The molecular weight excluding hydrogens is 314 g/mol. The molecule has 1 aromatic carbocycles. The number of likely N-dealkylation sites (N-methyl/N-ethyl adjacent to an activating group) is 1. The molecule has 128 valence electrons. The molecule has 0 spiro atoms. The summed E-state index contributed by atoms with van der Waals surface area (Å²) in [7, 11) is 0. The van der Waals surface area contributed by atoms with Gasteiger partial charge in [-0.25, -0.2) is 4.98 Å². The summed E-state index contributed by atoms with van der Waals surface area (Å²) in [6, 6.07) is 12.5. The van der Waals surface area contributed by atoms with Crippen molar-refractivity contribution < 1.29 is 4.79 Å². The maximum atomic E-state index is 12.3. The number of piperazine rings is 1. The molecule has 25 heavy (non-hydrogen) atoms. The number of pyridine rings is 1.